The molecule has 82 valence electrons. The number of aryl methyl sites for hydroxylation is 1. The summed E-state index contributed by atoms with van der Waals surface area (Å²) < 4.78 is 1.86. The van der Waals surface area contributed by atoms with Gasteiger partial charge in [-0.1, -0.05) is 6.07 Å². The van der Waals surface area contributed by atoms with Crippen LogP contribution in [-0.2, 0) is 13.1 Å². The Morgan fingerprint density at radius 1 is 1.20 bits per heavy atom. The van der Waals surface area contributed by atoms with Crippen molar-refractivity contribution in [3.8, 4) is 0 Å². The van der Waals surface area contributed by atoms with Crippen LogP contribution in [0.1, 0.15) is 11.3 Å². The van der Waals surface area contributed by atoms with E-state index in [4.69, 9.17) is 0 Å². The van der Waals surface area contributed by atoms with Gasteiger partial charge in [-0.25, -0.2) is 0 Å². The Morgan fingerprint density at radius 3 is 2.87 bits per heavy atom. The van der Waals surface area contributed by atoms with Crippen LogP contribution in [0.2, 0.25) is 0 Å². The average molecular weight is 207 g/mol. The maximum atomic E-state index is 11.7. The van der Waals surface area contributed by atoms with Gasteiger partial charge in [0.05, 0.1) is 0 Å². The fourth-order valence-corrected chi connectivity index (χ4v) is 1.91. The third kappa shape index (κ3) is 2.27. The van der Waals surface area contributed by atoms with Crippen molar-refractivity contribution in [2.75, 3.05) is 19.6 Å². The molecule has 0 amide bonds. The lowest BCUT2D eigenvalue weighted by atomic mass is 10.2. The zero-order valence-corrected chi connectivity index (χ0v) is 9.05. The van der Waals surface area contributed by atoms with Crippen LogP contribution in [0.5, 0.6) is 0 Å². The lowest BCUT2D eigenvalue weighted by molar-refractivity contribution is 0.589. The predicted molar refractivity (Wildman–Crippen MR) is 60.0 cm³/mol. The molecule has 1 aliphatic heterocycles. The summed E-state index contributed by atoms with van der Waals surface area (Å²) in [5, 5.41) is 6.62. The van der Waals surface area contributed by atoms with Crippen molar-refractivity contribution in [3.63, 3.8) is 0 Å². The molecule has 1 aliphatic rings. The molecule has 0 atom stereocenters. The average Bonchev–Trinajstić information content (AvgIpc) is 2.35. The Kier molecular flexibility index (Phi) is 3.18. The summed E-state index contributed by atoms with van der Waals surface area (Å²) >= 11 is 0. The van der Waals surface area contributed by atoms with E-state index in [2.05, 4.69) is 17.6 Å². The highest BCUT2D eigenvalue weighted by Gasteiger charge is 2.08. The summed E-state index contributed by atoms with van der Waals surface area (Å²) in [7, 11) is 0. The number of hydrogen-bond acceptors (Lipinski definition) is 3. The Balaban J connectivity index is 2.40. The maximum absolute atomic E-state index is 11.7. The van der Waals surface area contributed by atoms with Gasteiger partial charge in [0.25, 0.3) is 5.56 Å². The van der Waals surface area contributed by atoms with Crippen LogP contribution in [0.4, 0.5) is 0 Å². The molecule has 15 heavy (non-hydrogen) atoms. The standard InChI is InChI=1S/C11H17N3O/c1-9-2-3-11(15)14-7-6-12-4-5-13-8-10(9)14/h2-3,12-13H,4-8H2,1H3. The molecular weight excluding hydrogens is 190 g/mol. The van der Waals surface area contributed by atoms with E-state index in [1.54, 1.807) is 6.07 Å². The third-order valence-corrected chi connectivity index (χ3v) is 2.81. The molecule has 1 aromatic rings. The van der Waals surface area contributed by atoms with E-state index in [-0.39, 0.29) is 5.56 Å². The van der Waals surface area contributed by atoms with E-state index in [0.717, 1.165) is 38.4 Å². The van der Waals surface area contributed by atoms with Crippen molar-refractivity contribution in [1.82, 2.24) is 15.2 Å². The van der Waals surface area contributed by atoms with E-state index in [1.165, 1.54) is 5.56 Å². The van der Waals surface area contributed by atoms with Crippen molar-refractivity contribution >= 4 is 0 Å². The van der Waals surface area contributed by atoms with E-state index in [1.807, 2.05) is 10.6 Å². The Hall–Kier alpha value is -1.13. The minimum absolute atomic E-state index is 0.0982. The fourth-order valence-electron chi connectivity index (χ4n) is 1.91. The summed E-state index contributed by atoms with van der Waals surface area (Å²) in [6.07, 6.45) is 0. The molecular formula is C11H17N3O. The van der Waals surface area contributed by atoms with Crippen molar-refractivity contribution in [1.29, 1.82) is 0 Å². The first-order chi connectivity index (χ1) is 7.29. The fraction of sp³-hybridized carbons (Fsp3) is 0.545. The lowest BCUT2D eigenvalue weighted by Gasteiger charge is -2.13. The largest absolute Gasteiger partial charge is 0.314 e. The summed E-state index contributed by atoms with van der Waals surface area (Å²) in [5.41, 5.74) is 2.40. The highest BCUT2D eigenvalue weighted by Crippen LogP contribution is 2.04. The molecule has 1 aromatic heterocycles. The van der Waals surface area contributed by atoms with Gasteiger partial charge in [-0.05, 0) is 12.5 Å². The van der Waals surface area contributed by atoms with Crippen LogP contribution in [-0.4, -0.2) is 24.2 Å². The molecule has 2 heterocycles. The van der Waals surface area contributed by atoms with E-state index in [9.17, 15) is 4.79 Å². The summed E-state index contributed by atoms with van der Waals surface area (Å²) in [4.78, 5) is 11.7. The van der Waals surface area contributed by atoms with Crippen molar-refractivity contribution in [2.45, 2.75) is 20.0 Å². The van der Waals surface area contributed by atoms with Crippen LogP contribution in [0.25, 0.3) is 0 Å². The second kappa shape index (κ2) is 4.59. The van der Waals surface area contributed by atoms with Crippen LogP contribution < -0.4 is 16.2 Å². The number of nitrogens with zero attached hydrogens (tertiary/aromatic N) is 1. The van der Waals surface area contributed by atoms with Gasteiger partial charge >= 0.3 is 0 Å². The molecule has 2 rings (SSSR count). The van der Waals surface area contributed by atoms with Crippen molar-refractivity contribution in [3.05, 3.63) is 33.7 Å². The van der Waals surface area contributed by atoms with Gasteiger partial charge in [0, 0.05) is 44.5 Å². The van der Waals surface area contributed by atoms with Gasteiger partial charge in [0.1, 0.15) is 0 Å². The monoisotopic (exact) mass is 207 g/mol. The van der Waals surface area contributed by atoms with E-state index < -0.39 is 0 Å². The molecule has 0 saturated heterocycles. The Morgan fingerprint density at radius 2 is 2.00 bits per heavy atom. The SMILES string of the molecule is Cc1ccc(=O)n2c1CNCCNCC2. The normalized spacial score (nSPS) is 17.4. The zero-order chi connectivity index (χ0) is 10.7. The highest BCUT2D eigenvalue weighted by atomic mass is 16.1. The zero-order valence-electron chi connectivity index (χ0n) is 9.05. The minimum atomic E-state index is 0.0982. The van der Waals surface area contributed by atoms with Crippen LogP contribution in [0.3, 0.4) is 0 Å². The summed E-state index contributed by atoms with van der Waals surface area (Å²) in [5.74, 6) is 0. The van der Waals surface area contributed by atoms with E-state index in [0.29, 0.717) is 0 Å². The number of aromatic nitrogens is 1. The minimum Gasteiger partial charge on any atom is -0.314 e. The molecule has 0 aromatic carbocycles. The first-order valence-corrected chi connectivity index (χ1v) is 5.40. The van der Waals surface area contributed by atoms with Crippen LogP contribution in [0.15, 0.2) is 16.9 Å². The van der Waals surface area contributed by atoms with Gasteiger partial charge < -0.3 is 15.2 Å². The van der Waals surface area contributed by atoms with Gasteiger partial charge in [-0.3, -0.25) is 4.79 Å². The van der Waals surface area contributed by atoms with Crippen molar-refractivity contribution < 1.29 is 0 Å². The van der Waals surface area contributed by atoms with E-state index >= 15 is 0 Å². The summed E-state index contributed by atoms with van der Waals surface area (Å²) in [6.45, 7) is 6.36. The number of nitrogens with one attached hydrogen (secondary N) is 2. The molecule has 4 heteroatoms. The molecule has 4 nitrogen and oxygen atoms in total. The van der Waals surface area contributed by atoms with Crippen LogP contribution in [0, 0.1) is 6.92 Å². The molecule has 0 unspecified atom stereocenters. The van der Waals surface area contributed by atoms with Gasteiger partial charge in [-0.2, -0.15) is 0 Å². The predicted octanol–water partition coefficient (Wildman–Crippen LogP) is -0.150. The molecule has 0 aliphatic carbocycles. The van der Waals surface area contributed by atoms with Gasteiger partial charge in [-0.15, -0.1) is 0 Å². The topological polar surface area (TPSA) is 46.1 Å². The van der Waals surface area contributed by atoms with Crippen molar-refractivity contribution in [2.24, 2.45) is 0 Å². The first-order valence-electron chi connectivity index (χ1n) is 5.40. The lowest BCUT2D eigenvalue weighted by Crippen LogP contribution is -2.28. The summed E-state index contributed by atoms with van der Waals surface area (Å²) in [6, 6.07) is 3.55. The Bertz CT molecular complexity index is 397. The molecule has 0 spiro atoms. The molecule has 0 radical (unpaired) electrons. The maximum Gasteiger partial charge on any atom is 0.250 e. The second-order valence-electron chi connectivity index (χ2n) is 3.88. The highest BCUT2D eigenvalue weighted by molar-refractivity contribution is 5.19. The molecule has 0 fully saturated rings. The number of hydrogen-bond donors (Lipinski definition) is 2. The molecule has 2 N–H and O–H groups in total. The number of rotatable bonds is 0. The van der Waals surface area contributed by atoms with Gasteiger partial charge in [0.2, 0.25) is 0 Å². The smallest absolute Gasteiger partial charge is 0.250 e. The second-order valence-corrected chi connectivity index (χ2v) is 3.88. The third-order valence-electron chi connectivity index (χ3n) is 2.81. The van der Waals surface area contributed by atoms with Crippen LogP contribution >= 0.6 is 0 Å². The Labute approximate surface area is 89.3 Å². The first kappa shape index (κ1) is 10.4. The number of fused-ring (bicyclic) bond motifs is 1. The number of pyridine rings is 1. The van der Waals surface area contributed by atoms with Gasteiger partial charge in [0.15, 0.2) is 0 Å². The molecule has 0 bridgehead atoms. The molecule has 0 saturated carbocycles. The quantitative estimate of drug-likeness (QED) is 0.622.